The fraction of sp³-hybridized carbons (Fsp3) is 0.167. The van der Waals surface area contributed by atoms with Crippen molar-refractivity contribution < 1.29 is 4.89 Å². The smallest absolute Gasteiger partial charge is 0.0466 e. The second-order valence-electron chi connectivity index (χ2n) is 1.80. The number of nitrogens with zero attached hydrogens (tertiary/aromatic N) is 1. The molecule has 1 aromatic rings. The van der Waals surface area contributed by atoms with Gasteiger partial charge in [0.15, 0.2) is 0 Å². The summed E-state index contributed by atoms with van der Waals surface area (Å²) < 4.78 is 0.970. The summed E-state index contributed by atoms with van der Waals surface area (Å²) in [5, 5.41) is 0. The molecule has 1 rings (SSSR count). The van der Waals surface area contributed by atoms with Crippen molar-refractivity contribution in [2.24, 2.45) is 0 Å². The van der Waals surface area contributed by atoms with Crippen LogP contribution in [0, 0.1) is 0 Å². The van der Waals surface area contributed by atoms with Gasteiger partial charge in [0.05, 0.1) is 0 Å². The molecule has 0 radical (unpaired) electrons. The van der Waals surface area contributed by atoms with Crippen molar-refractivity contribution in [2.75, 3.05) is 0 Å². The zero-order valence-electron chi connectivity index (χ0n) is 5.21. The fourth-order valence-corrected chi connectivity index (χ4v) is 1.20. The minimum Gasteiger partial charge on any atom is -0.377 e. The minimum absolute atomic E-state index is 0.0458. The van der Waals surface area contributed by atoms with Gasteiger partial charge < -0.3 is 4.89 Å². The van der Waals surface area contributed by atoms with E-state index in [1.54, 1.807) is 6.20 Å². The lowest BCUT2D eigenvalue weighted by molar-refractivity contribution is 0.644. The van der Waals surface area contributed by atoms with E-state index < -0.39 is 0 Å². The van der Waals surface area contributed by atoms with Crippen LogP contribution >= 0.6 is 24.7 Å². The van der Waals surface area contributed by atoms with Gasteiger partial charge in [-0.05, 0) is 28.1 Å². The van der Waals surface area contributed by atoms with Gasteiger partial charge in [0, 0.05) is 31.3 Å². The van der Waals surface area contributed by atoms with Gasteiger partial charge in [0.1, 0.15) is 0 Å². The molecule has 0 amide bonds. The van der Waals surface area contributed by atoms with Crippen LogP contribution in [0.2, 0.25) is 0 Å². The summed E-state index contributed by atoms with van der Waals surface area (Å²) in [6.07, 6.45) is 2.39. The Morgan fingerprint density at radius 2 is 2.40 bits per heavy atom. The Balaban J connectivity index is 2.69. The standard InChI is InChI=1S/C6H7BrNOP/c7-5-1-2-6(4-10-9)8-3-5/h1-3,9-10H,4H2. The quantitative estimate of drug-likeness (QED) is 0.772. The van der Waals surface area contributed by atoms with E-state index in [2.05, 4.69) is 20.9 Å². The van der Waals surface area contributed by atoms with E-state index in [1.165, 1.54) is 0 Å². The topological polar surface area (TPSA) is 33.1 Å². The zero-order chi connectivity index (χ0) is 7.40. The Labute approximate surface area is 69.7 Å². The first-order chi connectivity index (χ1) is 4.83. The van der Waals surface area contributed by atoms with E-state index in [-0.39, 0.29) is 8.81 Å². The molecule has 0 aliphatic rings. The summed E-state index contributed by atoms with van der Waals surface area (Å²) in [7, 11) is -0.0458. The van der Waals surface area contributed by atoms with Crippen LogP contribution in [0.5, 0.6) is 0 Å². The lowest BCUT2D eigenvalue weighted by atomic mass is 10.4. The highest BCUT2D eigenvalue weighted by Crippen LogP contribution is 2.13. The van der Waals surface area contributed by atoms with Gasteiger partial charge in [0.25, 0.3) is 0 Å². The van der Waals surface area contributed by atoms with E-state index in [0.717, 1.165) is 10.2 Å². The van der Waals surface area contributed by atoms with Crippen molar-refractivity contribution >= 4 is 24.7 Å². The maximum absolute atomic E-state index is 8.57. The average Bonchev–Trinajstić information content (AvgIpc) is 1.95. The number of pyridine rings is 1. The minimum atomic E-state index is -0.0458. The van der Waals surface area contributed by atoms with Crippen LogP contribution in [0.25, 0.3) is 0 Å². The van der Waals surface area contributed by atoms with Crippen molar-refractivity contribution in [3.63, 3.8) is 0 Å². The van der Waals surface area contributed by atoms with E-state index >= 15 is 0 Å². The van der Waals surface area contributed by atoms with Gasteiger partial charge in [-0.3, -0.25) is 4.98 Å². The first-order valence-electron chi connectivity index (χ1n) is 2.80. The molecule has 1 heterocycles. The third-order valence-corrected chi connectivity index (χ3v) is 2.04. The van der Waals surface area contributed by atoms with E-state index in [1.807, 2.05) is 12.1 Å². The highest BCUT2D eigenvalue weighted by molar-refractivity contribution is 9.10. The van der Waals surface area contributed by atoms with Gasteiger partial charge in [-0.2, -0.15) is 0 Å². The predicted octanol–water partition coefficient (Wildman–Crippen LogP) is 1.93. The molecule has 10 heavy (non-hydrogen) atoms. The largest absolute Gasteiger partial charge is 0.377 e. The number of hydrogen-bond acceptors (Lipinski definition) is 2. The van der Waals surface area contributed by atoms with Crippen LogP contribution in [0.15, 0.2) is 22.8 Å². The molecule has 1 N–H and O–H groups in total. The molecule has 0 spiro atoms. The summed E-state index contributed by atoms with van der Waals surface area (Å²) in [4.78, 5) is 12.6. The summed E-state index contributed by atoms with van der Waals surface area (Å²) in [5.74, 6) is 0. The lowest BCUT2D eigenvalue weighted by Crippen LogP contribution is -1.82. The second-order valence-corrected chi connectivity index (χ2v) is 3.39. The van der Waals surface area contributed by atoms with Crippen molar-refractivity contribution in [1.29, 1.82) is 0 Å². The highest BCUT2D eigenvalue weighted by Gasteiger charge is 1.91. The normalized spacial score (nSPS) is 11.0. The fourth-order valence-electron chi connectivity index (χ4n) is 0.592. The molecule has 2 nitrogen and oxygen atoms in total. The third-order valence-electron chi connectivity index (χ3n) is 1.05. The number of rotatable bonds is 2. The molecule has 0 saturated heterocycles. The van der Waals surface area contributed by atoms with Crippen molar-refractivity contribution in [3.8, 4) is 0 Å². The molecule has 1 unspecified atom stereocenters. The van der Waals surface area contributed by atoms with Crippen molar-refractivity contribution in [3.05, 3.63) is 28.5 Å². The first-order valence-corrected chi connectivity index (χ1v) is 4.75. The van der Waals surface area contributed by atoms with Gasteiger partial charge in [-0.25, -0.2) is 0 Å². The molecule has 0 fully saturated rings. The molecule has 4 heteroatoms. The maximum atomic E-state index is 8.57. The van der Waals surface area contributed by atoms with E-state index in [0.29, 0.717) is 6.16 Å². The van der Waals surface area contributed by atoms with Crippen LogP contribution in [0.4, 0.5) is 0 Å². The predicted molar refractivity (Wildman–Crippen MR) is 46.2 cm³/mol. The molecular weight excluding hydrogens is 213 g/mol. The molecule has 54 valence electrons. The summed E-state index contributed by atoms with van der Waals surface area (Å²) in [6.45, 7) is 0. The Morgan fingerprint density at radius 1 is 1.60 bits per heavy atom. The number of aromatic nitrogens is 1. The maximum Gasteiger partial charge on any atom is 0.0466 e. The Hall–Kier alpha value is 0.0200. The molecule has 1 atom stereocenters. The van der Waals surface area contributed by atoms with E-state index in [9.17, 15) is 0 Å². The molecule has 0 aliphatic heterocycles. The van der Waals surface area contributed by atoms with E-state index in [4.69, 9.17) is 4.89 Å². The van der Waals surface area contributed by atoms with Gasteiger partial charge in [0.2, 0.25) is 0 Å². The lowest BCUT2D eigenvalue weighted by Gasteiger charge is -1.94. The monoisotopic (exact) mass is 219 g/mol. The molecule has 1 aromatic heterocycles. The SMILES string of the molecule is OPCc1ccc(Br)cn1. The van der Waals surface area contributed by atoms with Crippen LogP contribution < -0.4 is 0 Å². The summed E-state index contributed by atoms with van der Waals surface area (Å²) in [6, 6.07) is 3.82. The first kappa shape index (κ1) is 8.12. The Morgan fingerprint density at radius 3 is 2.90 bits per heavy atom. The van der Waals surface area contributed by atoms with Crippen molar-refractivity contribution in [2.45, 2.75) is 6.16 Å². The molecule has 0 aliphatic carbocycles. The second kappa shape index (κ2) is 4.02. The van der Waals surface area contributed by atoms with Crippen LogP contribution in [0.1, 0.15) is 5.69 Å². The molecule has 0 saturated carbocycles. The Bertz CT molecular complexity index is 201. The van der Waals surface area contributed by atoms with Crippen LogP contribution in [0.3, 0.4) is 0 Å². The Kier molecular flexibility index (Phi) is 3.26. The highest BCUT2D eigenvalue weighted by atomic mass is 79.9. The average molecular weight is 220 g/mol. The van der Waals surface area contributed by atoms with Crippen LogP contribution in [-0.4, -0.2) is 9.88 Å². The number of halogens is 1. The van der Waals surface area contributed by atoms with Gasteiger partial charge in [-0.15, -0.1) is 0 Å². The summed E-state index contributed by atoms with van der Waals surface area (Å²) >= 11 is 3.27. The van der Waals surface area contributed by atoms with Crippen LogP contribution in [-0.2, 0) is 6.16 Å². The third kappa shape index (κ3) is 2.33. The van der Waals surface area contributed by atoms with Crippen molar-refractivity contribution in [1.82, 2.24) is 4.98 Å². The van der Waals surface area contributed by atoms with Gasteiger partial charge in [-0.1, -0.05) is 0 Å². The zero-order valence-corrected chi connectivity index (χ0v) is 7.80. The molecule has 0 bridgehead atoms. The number of hydrogen-bond donors (Lipinski definition) is 1. The molecular formula is C6H7BrNOP. The van der Waals surface area contributed by atoms with Gasteiger partial charge >= 0.3 is 0 Å². The summed E-state index contributed by atoms with van der Waals surface area (Å²) in [5.41, 5.74) is 0.934. The molecule has 0 aromatic carbocycles.